The molecule has 3 amide bonds. The molecule has 0 aliphatic rings. The van der Waals surface area contributed by atoms with Crippen LogP contribution >= 0.6 is 0 Å². The van der Waals surface area contributed by atoms with Crippen molar-refractivity contribution in [3.63, 3.8) is 0 Å². The number of aliphatic carboxylic acids is 1. The Kier molecular flexibility index (Phi) is 12.4. The Hall–Kier alpha value is -4.50. The van der Waals surface area contributed by atoms with Gasteiger partial charge in [0.15, 0.2) is 5.96 Å². The summed E-state index contributed by atoms with van der Waals surface area (Å²) in [6, 6.07) is 4.21. The minimum atomic E-state index is -1.58. The van der Waals surface area contributed by atoms with Crippen molar-refractivity contribution in [2.24, 2.45) is 22.2 Å². The van der Waals surface area contributed by atoms with E-state index in [4.69, 9.17) is 17.2 Å². The van der Waals surface area contributed by atoms with Crippen LogP contribution in [-0.4, -0.2) is 87.2 Å². The van der Waals surface area contributed by atoms with E-state index in [2.05, 4.69) is 30.9 Å². The van der Waals surface area contributed by atoms with Crippen molar-refractivity contribution in [2.75, 3.05) is 13.2 Å². The molecule has 39 heavy (non-hydrogen) atoms. The Morgan fingerprint density at radius 2 is 1.59 bits per heavy atom. The molecule has 0 bridgehead atoms. The molecule has 1 aromatic carbocycles. The highest BCUT2D eigenvalue weighted by Crippen LogP contribution is 2.06. The number of carboxylic acids is 1. The summed E-state index contributed by atoms with van der Waals surface area (Å²) >= 11 is 0. The normalized spacial score (nSPS) is 13.8. The first kappa shape index (κ1) is 30.7. The molecule has 0 saturated heterocycles. The van der Waals surface area contributed by atoms with Crippen molar-refractivity contribution < 1.29 is 29.4 Å². The summed E-state index contributed by atoms with van der Waals surface area (Å²) in [6.07, 6.45) is 3.42. The number of aromatic nitrogens is 2. The first-order valence-corrected chi connectivity index (χ1v) is 12.2. The highest BCUT2D eigenvalue weighted by atomic mass is 16.4. The van der Waals surface area contributed by atoms with Gasteiger partial charge in [-0.25, -0.2) is 9.78 Å². The van der Waals surface area contributed by atoms with Gasteiger partial charge in [0.2, 0.25) is 17.7 Å². The molecule has 1 heterocycles. The van der Waals surface area contributed by atoms with Gasteiger partial charge in [0.25, 0.3) is 0 Å². The van der Waals surface area contributed by atoms with Gasteiger partial charge in [0.1, 0.15) is 18.1 Å². The number of carbonyl (C=O) groups is 4. The van der Waals surface area contributed by atoms with E-state index in [1.165, 1.54) is 12.5 Å². The lowest BCUT2D eigenvalue weighted by Gasteiger charge is -2.25. The highest BCUT2D eigenvalue weighted by Gasteiger charge is 2.30. The number of aromatic amines is 1. The summed E-state index contributed by atoms with van der Waals surface area (Å²) in [5.74, 6) is -3.75. The van der Waals surface area contributed by atoms with Gasteiger partial charge in [-0.3, -0.25) is 19.4 Å². The number of guanidine groups is 1. The molecule has 0 aliphatic carbocycles. The third-order valence-corrected chi connectivity index (χ3v) is 5.62. The fourth-order valence-electron chi connectivity index (χ4n) is 3.57. The molecule has 212 valence electrons. The number of carboxylic acid groups (broad SMARTS) is 1. The summed E-state index contributed by atoms with van der Waals surface area (Å²) in [4.78, 5) is 60.9. The smallest absolute Gasteiger partial charge is 0.328 e. The number of aliphatic hydroxyl groups excluding tert-OH is 1. The fourth-order valence-corrected chi connectivity index (χ4v) is 3.57. The molecule has 0 saturated carbocycles. The Labute approximate surface area is 224 Å². The van der Waals surface area contributed by atoms with Crippen LogP contribution in [0.2, 0.25) is 0 Å². The van der Waals surface area contributed by atoms with Crippen molar-refractivity contribution >= 4 is 29.7 Å². The van der Waals surface area contributed by atoms with Crippen LogP contribution in [0.4, 0.5) is 0 Å². The monoisotopic (exact) mass is 545 g/mol. The summed E-state index contributed by atoms with van der Waals surface area (Å²) in [5.41, 5.74) is 18.1. The van der Waals surface area contributed by atoms with Crippen LogP contribution in [-0.2, 0) is 32.0 Å². The molecule has 4 unspecified atom stereocenters. The van der Waals surface area contributed by atoms with E-state index in [9.17, 15) is 29.4 Å². The maximum Gasteiger partial charge on any atom is 0.328 e. The number of hydrogen-bond donors (Lipinski definition) is 9. The predicted molar refractivity (Wildman–Crippen MR) is 141 cm³/mol. The number of nitrogens with zero attached hydrogens (tertiary/aromatic N) is 2. The molecule has 0 spiro atoms. The molecule has 0 fully saturated rings. The lowest BCUT2D eigenvalue weighted by molar-refractivity contribution is -0.143. The Morgan fingerprint density at radius 1 is 0.949 bits per heavy atom. The molecule has 15 nitrogen and oxygen atoms in total. The number of nitrogens with two attached hydrogens (primary N) is 3. The van der Waals surface area contributed by atoms with E-state index in [0.717, 1.165) is 5.56 Å². The maximum absolute atomic E-state index is 13.3. The molecule has 0 radical (unpaired) electrons. The molecule has 4 atom stereocenters. The number of nitrogens with one attached hydrogen (secondary N) is 4. The standard InChI is InChI=1S/C24H35N9O6/c25-16(9-14-5-2-1-3-6-14)20(35)32-18(10-15-11-28-13-30-15)22(37)31-17(7-4-8-29-24(26)27)21(36)33-19(12-34)23(38)39/h1-3,5-6,11,13,16-19,34H,4,7-10,12,25H2,(H,28,30)(H,31,37)(H,32,35)(H,33,36)(H,38,39)(H4,26,27,29). The zero-order chi connectivity index (χ0) is 28.8. The Morgan fingerprint density at radius 3 is 2.18 bits per heavy atom. The topological polar surface area (TPSA) is 264 Å². The average molecular weight is 546 g/mol. The van der Waals surface area contributed by atoms with Crippen LogP contribution in [0.25, 0.3) is 0 Å². The molecule has 2 rings (SSSR count). The number of hydrogen-bond acceptors (Lipinski definition) is 8. The third kappa shape index (κ3) is 10.8. The number of benzene rings is 1. The first-order chi connectivity index (χ1) is 18.6. The van der Waals surface area contributed by atoms with Crippen LogP contribution in [0, 0.1) is 0 Å². The van der Waals surface area contributed by atoms with Gasteiger partial charge < -0.3 is 48.3 Å². The third-order valence-electron chi connectivity index (χ3n) is 5.62. The largest absolute Gasteiger partial charge is 0.480 e. The number of aliphatic hydroxyl groups is 1. The number of carbonyl (C=O) groups excluding carboxylic acids is 3. The second-order valence-electron chi connectivity index (χ2n) is 8.73. The lowest BCUT2D eigenvalue weighted by atomic mass is 10.0. The summed E-state index contributed by atoms with van der Waals surface area (Å²) in [5, 5.41) is 25.8. The van der Waals surface area contributed by atoms with Crippen molar-refractivity contribution in [1.29, 1.82) is 0 Å². The Balaban J connectivity index is 2.17. The lowest BCUT2D eigenvalue weighted by Crippen LogP contribution is -2.58. The second-order valence-corrected chi connectivity index (χ2v) is 8.73. The van der Waals surface area contributed by atoms with E-state index in [0.29, 0.717) is 5.69 Å². The number of aliphatic imine (C=N–C) groups is 1. The van der Waals surface area contributed by atoms with Crippen molar-refractivity contribution in [2.45, 2.75) is 49.9 Å². The van der Waals surface area contributed by atoms with Gasteiger partial charge in [0.05, 0.1) is 19.0 Å². The van der Waals surface area contributed by atoms with Crippen LogP contribution in [0.3, 0.4) is 0 Å². The van der Waals surface area contributed by atoms with Gasteiger partial charge in [-0.05, 0) is 24.8 Å². The van der Waals surface area contributed by atoms with Gasteiger partial charge in [-0.2, -0.15) is 0 Å². The second kappa shape index (κ2) is 15.7. The number of H-pyrrole nitrogens is 1. The van der Waals surface area contributed by atoms with Gasteiger partial charge in [-0.15, -0.1) is 0 Å². The van der Waals surface area contributed by atoms with Crippen LogP contribution in [0.5, 0.6) is 0 Å². The highest BCUT2D eigenvalue weighted by molar-refractivity contribution is 5.94. The first-order valence-electron chi connectivity index (χ1n) is 12.2. The summed E-state index contributed by atoms with van der Waals surface area (Å²) in [6.45, 7) is -0.708. The van der Waals surface area contributed by atoms with E-state index < -0.39 is 54.5 Å². The van der Waals surface area contributed by atoms with Crippen molar-refractivity contribution in [3.8, 4) is 0 Å². The van der Waals surface area contributed by atoms with E-state index >= 15 is 0 Å². The predicted octanol–water partition coefficient (Wildman–Crippen LogP) is -2.89. The molecular weight excluding hydrogens is 510 g/mol. The Bertz CT molecular complexity index is 1110. The van der Waals surface area contributed by atoms with E-state index in [-0.39, 0.29) is 38.2 Å². The quantitative estimate of drug-likeness (QED) is 0.0590. The van der Waals surface area contributed by atoms with Crippen LogP contribution < -0.4 is 33.2 Å². The average Bonchev–Trinajstić information content (AvgIpc) is 3.41. The minimum absolute atomic E-state index is 0.00631. The molecule has 2 aromatic rings. The van der Waals surface area contributed by atoms with E-state index in [1.807, 2.05) is 30.3 Å². The van der Waals surface area contributed by atoms with Gasteiger partial charge in [-0.1, -0.05) is 30.3 Å². The van der Waals surface area contributed by atoms with Gasteiger partial charge >= 0.3 is 5.97 Å². The van der Waals surface area contributed by atoms with Crippen molar-refractivity contribution in [1.82, 2.24) is 25.9 Å². The minimum Gasteiger partial charge on any atom is -0.480 e. The zero-order valence-corrected chi connectivity index (χ0v) is 21.2. The zero-order valence-electron chi connectivity index (χ0n) is 21.2. The summed E-state index contributed by atoms with van der Waals surface area (Å²) in [7, 11) is 0. The van der Waals surface area contributed by atoms with Gasteiger partial charge in [0, 0.05) is 24.9 Å². The summed E-state index contributed by atoms with van der Waals surface area (Å²) < 4.78 is 0. The van der Waals surface area contributed by atoms with Crippen LogP contribution in [0.15, 0.2) is 47.8 Å². The van der Waals surface area contributed by atoms with E-state index in [1.54, 1.807) is 0 Å². The SMILES string of the molecule is NC(N)=NCCCC(NC(=O)C(Cc1cnc[nH]1)NC(=O)C(N)Cc1ccccc1)C(=O)NC(CO)C(=O)O. The van der Waals surface area contributed by atoms with Crippen LogP contribution in [0.1, 0.15) is 24.1 Å². The fraction of sp³-hybridized carbons (Fsp3) is 0.417. The molecule has 15 heteroatoms. The number of amides is 3. The van der Waals surface area contributed by atoms with Crippen molar-refractivity contribution in [3.05, 3.63) is 54.1 Å². The maximum atomic E-state index is 13.3. The molecule has 12 N–H and O–H groups in total. The molecular formula is C24H35N9O6. The molecule has 0 aliphatic heterocycles. The number of rotatable bonds is 16. The number of imidazole rings is 1. The molecule has 1 aromatic heterocycles.